The lowest BCUT2D eigenvalue weighted by molar-refractivity contribution is -0.188. The number of rotatable bonds is 5. The van der Waals surface area contributed by atoms with Crippen LogP contribution in [0.1, 0.15) is 39.5 Å². The smallest absolute Gasteiger partial charge is 0.393 e. The van der Waals surface area contributed by atoms with Gasteiger partial charge in [0.2, 0.25) is 0 Å². The first kappa shape index (κ1) is 15.8. The monoisotopic (exact) mass is 267 g/mol. The van der Waals surface area contributed by atoms with Crippen molar-refractivity contribution in [3.05, 3.63) is 0 Å². The van der Waals surface area contributed by atoms with Gasteiger partial charge < -0.3 is 10.0 Å². The molecule has 1 fully saturated rings. The Labute approximate surface area is 107 Å². The summed E-state index contributed by atoms with van der Waals surface area (Å²) >= 11 is 0. The maximum absolute atomic E-state index is 12.7. The van der Waals surface area contributed by atoms with Crippen LogP contribution < -0.4 is 0 Å². The molecule has 5 heteroatoms. The number of halogens is 3. The summed E-state index contributed by atoms with van der Waals surface area (Å²) in [5, 5.41) is 9.48. The normalized spacial score (nSPS) is 23.3. The summed E-state index contributed by atoms with van der Waals surface area (Å²) in [6.07, 6.45) is -1.65. The summed E-state index contributed by atoms with van der Waals surface area (Å²) in [6, 6.07) is 0. The van der Waals surface area contributed by atoms with Crippen molar-refractivity contribution in [2.75, 3.05) is 26.2 Å². The molecule has 1 heterocycles. The molecule has 0 radical (unpaired) electrons. The topological polar surface area (TPSA) is 23.5 Å². The zero-order chi connectivity index (χ0) is 13.8. The molecular weight excluding hydrogens is 243 g/mol. The molecule has 1 atom stereocenters. The minimum absolute atomic E-state index is 0.0488. The summed E-state index contributed by atoms with van der Waals surface area (Å²) < 4.78 is 38.2. The Balaban J connectivity index is 2.62. The molecule has 1 aliphatic heterocycles. The molecular formula is C13H24F3NO. The Bertz CT molecular complexity index is 243. The Morgan fingerprint density at radius 1 is 1.22 bits per heavy atom. The molecule has 1 unspecified atom stereocenters. The van der Waals surface area contributed by atoms with Crippen molar-refractivity contribution < 1.29 is 18.3 Å². The maximum Gasteiger partial charge on any atom is 0.393 e. The third-order valence-corrected chi connectivity index (χ3v) is 4.36. The van der Waals surface area contributed by atoms with Crippen LogP contribution in [-0.2, 0) is 0 Å². The van der Waals surface area contributed by atoms with Crippen molar-refractivity contribution in [2.24, 2.45) is 11.3 Å². The highest BCUT2D eigenvalue weighted by Gasteiger charge is 2.42. The fourth-order valence-electron chi connectivity index (χ4n) is 2.69. The Hall–Kier alpha value is -0.290. The number of hydrogen-bond acceptors (Lipinski definition) is 2. The van der Waals surface area contributed by atoms with E-state index in [0.717, 1.165) is 12.8 Å². The first-order valence-corrected chi connectivity index (χ1v) is 6.77. The predicted octanol–water partition coefficient (Wildman–Crippen LogP) is 3.06. The second-order valence-electron chi connectivity index (χ2n) is 5.48. The van der Waals surface area contributed by atoms with Crippen LogP contribution in [-0.4, -0.2) is 42.4 Å². The van der Waals surface area contributed by atoms with E-state index in [4.69, 9.17) is 0 Å². The number of hydrogen-bond donors (Lipinski definition) is 1. The highest BCUT2D eigenvalue weighted by Crippen LogP contribution is 2.35. The van der Waals surface area contributed by atoms with Crippen LogP contribution in [0, 0.1) is 11.3 Å². The van der Waals surface area contributed by atoms with E-state index in [2.05, 4.69) is 0 Å². The Morgan fingerprint density at radius 3 is 2.28 bits per heavy atom. The molecule has 0 amide bonds. The molecule has 0 aromatic heterocycles. The van der Waals surface area contributed by atoms with Crippen molar-refractivity contribution in [1.29, 1.82) is 0 Å². The molecule has 108 valence electrons. The van der Waals surface area contributed by atoms with Crippen molar-refractivity contribution >= 4 is 0 Å². The quantitative estimate of drug-likeness (QED) is 0.827. The average Bonchev–Trinajstić information content (AvgIpc) is 2.35. The van der Waals surface area contributed by atoms with E-state index >= 15 is 0 Å². The number of piperidine rings is 1. The summed E-state index contributed by atoms with van der Waals surface area (Å²) in [4.78, 5) is 1.88. The summed E-state index contributed by atoms with van der Waals surface area (Å²) in [6.45, 7) is 5.41. The van der Waals surface area contributed by atoms with Gasteiger partial charge in [-0.05, 0) is 32.2 Å². The second-order valence-corrected chi connectivity index (χ2v) is 5.48. The molecule has 18 heavy (non-hydrogen) atoms. The standard InChI is InChI=1S/C13H24F3NO/c1-3-12(4-2,10-18)9-17-7-5-6-11(8-17)13(14,15)16/h11,18H,3-10H2,1-2H3. The summed E-state index contributed by atoms with van der Waals surface area (Å²) in [7, 11) is 0. The molecule has 0 aliphatic carbocycles. The van der Waals surface area contributed by atoms with Gasteiger partial charge in [0, 0.05) is 25.1 Å². The maximum atomic E-state index is 12.7. The van der Waals surface area contributed by atoms with Crippen LogP contribution in [0.3, 0.4) is 0 Å². The van der Waals surface area contributed by atoms with Crippen molar-refractivity contribution in [3.8, 4) is 0 Å². The van der Waals surface area contributed by atoms with Gasteiger partial charge >= 0.3 is 6.18 Å². The molecule has 2 nitrogen and oxygen atoms in total. The van der Waals surface area contributed by atoms with Gasteiger partial charge in [0.05, 0.1) is 5.92 Å². The number of aliphatic hydroxyl groups is 1. The molecule has 1 N–H and O–H groups in total. The van der Waals surface area contributed by atoms with Gasteiger partial charge in [-0.1, -0.05) is 13.8 Å². The van der Waals surface area contributed by atoms with E-state index in [0.29, 0.717) is 19.5 Å². The minimum Gasteiger partial charge on any atom is -0.396 e. The average molecular weight is 267 g/mol. The number of alkyl halides is 3. The molecule has 0 aromatic carbocycles. The van der Waals surface area contributed by atoms with Crippen LogP contribution in [0.2, 0.25) is 0 Å². The van der Waals surface area contributed by atoms with Gasteiger partial charge in [0.1, 0.15) is 0 Å². The lowest BCUT2D eigenvalue weighted by Gasteiger charge is -2.40. The lowest BCUT2D eigenvalue weighted by atomic mass is 9.82. The lowest BCUT2D eigenvalue weighted by Crippen LogP contribution is -2.47. The van der Waals surface area contributed by atoms with E-state index in [1.807, 2.05) is 18.7 Å². The van der Waals surface area contributed by atoms with Gasteiger partial charge in [-0.2, -0.15) is 13.2 Å². The SMILES string of the molecule is CCC(CC)(CO)CN1CCCC(C(F)(F)F)C1. The van der Waals surface area contributed by atoms with E-state index in [1.165, 1.54) is 0 Å². The first-order valence-electron chi connectivity index (χ1n) is 6.77. The number of aliphatic hydroxyl groups excluding tert-OH is 1. The van der Waals surface area contributed by atoms with Gasteiger partial charge in [-0.15, -0.1) is 0 Å². The summed E-state index contributed by atoms with van der Waals surface area (Å²) in [5.74, 6) is -1.20. The predicted molar refractivity (Wildman–Crippen MR) is 65.3 cm³/mol. The molecule has 0 aromatic rings. The van der Waals surface area contributed by atoms with Crippen molar-refractivity contribution in [3.63, 3.8) is 0 Å². The highest BCUT2D eigenvalue weighted by atomic mass is 19.4. The highest BCUT2D eigenvalue weighted by molar-refractivity contribution is 4.84. The fourth-order valence-corrected chi connectivity index (χ4v) is 2.69. The van der Waals surface area contributed by atoms with Crippen LogP contribution >= 0.6 is 0 Å². The van der Waals surface area contributed by atoms with E-state index in [9.17, 15) is 18.3 Å². The van der Waals surface area contributed by atoms with Gasteiger partial charge in [0.15, 0.2) is 0 Å². The molecule has 1 saturated heterocycles. The number of likely N-dealkylation sites (tertiary alicyclic amines) is 1. The Kier molecular flexibility index (Phi) is 5.46. The van der Waals surface area contributed by atoms with E-state index in [-0.39, 0.29) is 25.0 Å². The molecule has 1 rings (SSSR count). The summed E-state index contributed by atoms with van der Waals surface area (Å²) in [5.41, 5.74) is -0.243. The third-order valence-electron chi connectivity index (χ3n) is 4.36. The Morgan fingerprint density at radius 2 is 1.83 bits per heavy atom. The van der Waals surface area contributed by atoms with Crippen LogP contribution in [0.25, 0.3) is 0 Å². The van der Waals surface area contributed by atoms with Gasteiger partial charge in [-0.25, -0.2) is 0 Å². The van der Waals surface area contributed by atoms with Gasteiger partial charge in [-0.3, -0.25) is 0 Å². The van der Waals surface area contributed by atoms with Crippen molar-refractivity contribution in [1.82, 2.24) is 4.90 Å². The first-order chi connectivity index (χ1) is 8.37. The molecule has 0 spiro atoms. The zero-order valence-electron chi connectivity index (χ0n) is 11.3. The molecule has 0 bridgehead atoms. The third kappa shape index (κ3) is 3.85. The van der Waals surface area contributed by atoms with Crippen molar-refractivity contribution in [2.45, 2.75) is 45.7 Å². The second kappa shape index (κ2) is 6.24. The molecule has 0 saturated carbocycles. The number of nitrogens with zero attached hydrogens (tertiary/aromatic N) is 1. The zero-order valence-corrected chi connectivity index (χ0v) is 11.3. The fraction of sp³-hybridized carbons (Fsp3) is 1.00. The van der Waals surface area contributed by atoms with Crippen LogP contribution in [0.5, 0.6) is 0 Å². The minimum atomic E-state index is -4.08. The van der Waals surface area contributed by atoms with Crippen LogP contribution in [0.15, 0.2) is 0 Å². The van der Waals surface area contributed by atoms with Gasteiger partial charge in [0.25, 0.3) is 0 Å². The van der Waals surface area contributed by atoms with Crippen LogP contribution in [0.4, 0.5) is 13.2 Å². The van der Waals surface area contributed by atoms with E-state index in [1.54, 1.807) is 0 Å². The van der Waals surface area contributed by atoms with E-state index < -0.39 is 12.1 Å². The molecule has 1 aliphatic rings. The largest absolute Gasteiger partial charge is 0.396 e.